The molecule has 0 aliphatic rings. The molecule has 0 radical (unpaired) electrons. The Morgan fingerprint density at radius 1 is 1.19 bits per heavy atom. The Hall–Kier alpha value is -3.49. The number of hydrogen-bond donors (Lipinski definition) is 2. The molecule has 2 heterocycles. The van der Waals surface area contributed by atoms with Crippen LogP contribution in [0.2, 0.25) is 0 Å². The number of anilines is 1. The number of aryl methyl sites for hydroxylation is 1. The highest BCUT2D eigenvalue weighted by atomic mass is 16.4. The molecule has 0 bridgehead atoms. The van der Waals surface area contributed by atoms with E-state index in [9.17, 15) is 9.59 Å². The van der Waals surface area contributed by atoms with Crippen molar-refractivity contribution in [1.82, 2.24) is 24.5 Å². The lowest BCUT2D eigenvalue weighted by molar-refractivity contribution is -0.137. The molecule has 0 amide bonds. The normalized spacial score (nSPS) is 10.8. The van der Waals surface area contributed by atoms with Gasteiger partial charge in [-0.25, -0.2) is 4.79 Å². The van der Waals surface area contributed by atoms with Crippen LogP contribution in [0.4, 0.5) is 5.82 Å². The predicted octanol–water partition coefficient (Wildman–Crippen LogP) is 0.997. The van der Waals surface area contributed by atoms with Crippen molar-refractivity contribution in [3.8, 4) is 11.3 Å². The zero-order valence-electron chi connectivity index (χ0n) is 13.9. The third-order valence-corrected chi connectivity index (χ3v) is 3.81. The van der Waals surface area contributed by atoms with Crippen molar-refractivity contribution in [3.63, 3.8) is 0 Å². The van der Waals surface area contributed by atoms with Crippen LogP contribution >= 0.6 is 0 Å². The van der Waals surface area contributed by atoms with Gasteiger partial charge < -0.3 is 10.8 Å². The van der Waals surface area contributed by atoms with Crippen LogP contribution in [0.1, 0.15) is 18.4 Å². The number of nitrogens with zero attached hydrogens (tertiary/aromatic N) is 5. The molecule has 1 aromatic carbocycles. The molecule has 0 fully saturated rings. The molecule has 3 N–H and O–H groups in total. The van der Waals surface area contributed by atoms with E-state index in [4.69, 9.17) is 10.8 Å². The van der Waals surface area contributed by atoms with Crippen LogP contribution in [0.3, 0.4) is 0 Å². The van der Waals surface area contributed by atoms with Crippen LogP contribution in [0.15, 0.2) is 47.5 Å². The molecular weight excluding hydrogens is 336 g/mol. The minimum absolute atomic E-state index is 0.100. The Labute approximate surface area is 148 Å². The minimum atomic E-state index is -0.823. The fourth-order valence-electron chi connectivity index (χ4n) is 2.47. The molecule has 0 atom stereocenters. The van der Waals surface area contributed by atoms with Crippen LogP contribution in [0, 0.1) is 0 Å². The third kappa shape index (κ3) is 4.32. The number of carboxylic acids is 1. The molecule has 134 valence electrons. The van der Waals surface area contributed by atoms with Gasteiger partial charge >= 0.3 is 11.7 Å². The predicted molar refractivity (Wildman–Crippen MR) is 94.3 cm³/mol. The summed E-state index contributed by atoms with van der Waals surface area (Å²) in [4.78, 5) is 26.0. The summed E-state index contributed by atoms with van der Waals surface area (Å²) in [6, 6.07) is 9.19. The first kappa shape index (κ1) is 17.3. The Morgan fingerprint density at radius 2 is 1.96 bits per heavy atom. The van der Waals surface area contributed by atoms with Gasteiger partial charge in [0, 0.05) is 24.7 Å². The minimum Gasteiger partial charge on any atom is -0.481 e. The maximum absolute atomic E-state index is 11.8. The summed E-state index contributed by atoms with van der Waals surface area (Å²) in [5, 5.41) is 16.8. The summed E-state index contributed by atoms with van der Waals surface area (Å²) in [6.45, 7) is 0.901. The average molecular weight is 354 g/mol. The van der Waals surface area contributed by atoms with E-state index in [1.165, 1.54) is 4.57 Å². The quantitative estimate of drug-likeness (QED) is 0.647. The number of rotatable bonds is 7. The second-order valence-corrected chi connectivity index (χ2v) is 5.82. The fraction of sp³-hybridized carbons (Fsp3) is 0.235. The lowest BCUT2D eigenvalue weighted by Crippen LogP contribution is -2.23. The van der Waals surface area contributed by atoms with Crippen molar-refractivity contribution in [2.24, 2.45) is 0 Å². The summed E-state index contributed by atoms with van der Waals surface area (Å²) in [6.07, 6.45) is 4.00. The Kier molecular flexibility index (Phi) is 5.07. The van der Waals surface area contributed by atoms with Gasteiger partial charge in [-0.15, -0.1) is 5.10 Å². The first-order valence-corrected chi connectivity index (χ1v) is 8.05. The van der Waals surface area contributed by atoms with Gasteiger partial charge in [-0.3, -0.25) is 14.0 Å². The Balaban J connectivity index is 1.67. The fourth-order valence-corrected chi connectivity index (χ4v) is 2.47. The monoisotopic (exact) mass is 354 g/mol. The highest BCUT2D eigenvalue weighted by molar-refractivity contribution is 5.66. The van der Waals surface area contributed by atoms with E-state index in [0.29, 0.717) is 25.2 Å². The van der Waals surface area contributed by atoms with Crippen molar-refractivity contribution in [2.45, 2.75) is 25.9 Å². The molecule has 2 aromatic heterocycles. The SMILES string of the molecule is Nc1ccn(Cc2ccc(-c3cn(CCCC(=O)O)nn3)cc2)c(=O)n1. The maximum atomic E-state index is 11.8. The second kappa shape index (κ2) is 7.60. The second-order valence-electron chi connectivity index (χ2n) is 5.82. The zero-order chi connectivity index (χ0) is 18.5. The lowest BCUT2D eigenvalue weighted by atomic mass is 10.1. The number of nitrogens with two attached hydrogens (primary N) is 1. The van der Waals surface area contributed by atoms with E-state index >= 15 is 0 Å². The largest absolute Gasteiger partial charge is 0.481 e. The van der Waals surface area contributed by atoms with E-state index in [1.807, 2.05) is 24.3 Å². The highest BCUT2D eigenvalue weighted by Gasteiger charge is 2.06. The smallest absolute Gasteiger partial charge is 0.349 e. The molecule has 0 spiro atoms. The number of nitrogen functional groups attached to an aromatic ring is 1. The average Bonchev–Trinajstić information content (AvgIpc) is 3.06. The Bertz CT molecular complexity index is 961. The van der Waals surface area contributed by atoms with Gasteiger partial charge in [-0.1, -0.05) is 29.5 Å². The number of aromatic nitrogens is 5. The molecule has 0 saturated heterocycles. The van der Waals surface area contributed by atoms with E-state index in [0.717, 1.165) is 11.1 Å². The summed E-state index contributed by atoms with van der Waals surface area (Å²) in [5.41, 5.74) is 7.63. The summed E-state index contributed by atoms with van der Waals surface area (Å²) in [7, 11) is 0. The number of carboxylic acid groups (broad SMARTS) is 1. The molecule has 0 aliphatic heterocycles. The van der Waals surface area contributed by atoms with Crippen molar-refractivity contribution in [1.29, 1.82) is 0 Å². The van der Waals surface area contributed by atoms with Crippen LogP contribution in [0.25, 0.3) is 11.3 Å². The van der Waals surface area contributed by atoms with Crippen LogP contribution in [0.5, 0.6) is 0 Å². The van der Waals surface area contributed by atoms with Gasteiger partial charge in [0.05, 0.1) is 12.7 Å². The standard InChI is InChI=1S/C17H18N6O3/c18-15-7-9-22(17(26)19-15)10-12-3-5-13(6-4-12)14-11-23(21-20-14)8-1-2-16(24)25/h3-7,9,11H,1-2,8,10H2,(H,24,25)(H2,18,19,26). The molecule has 0 unspecified atom stereocenters. The van der Waals surface area contributed by atoms with Gasteiger partial charge in [-0.05, 0) is 18.1 Å². The van der Waals surface area contributed by atoms with Gasteiger partial charge in [0.15, 0.2) is 0 Å². The first-order valence-electron chi connectivity index (χ1n) is 8.05. The highest BCUT2D eigenvalue weighted by Crippen LogP contribution is 2.17. The van der Waals surface area contributed by atoms with Crippen LogP contribution < -0.4 is 11.4 Å². The number of carbonyl (C=O) groups is 1. The van der Waals surface area contributed by atoms with E-state index in [1.54, 1.807) is 23.1 Å². The molecular formula is C17H18N6O3. The zero-order valence-corrected chi connectivity index (χ0v) is 13.9. The van der Waals surface area contributed by atoms with Crippen molar-refractivity contribution in [2.75, 3.05) is 5.73 Å². The Morgan fingerprint density at radius 3 is 2.65 bits per heavy atom. The van der Waals surface area contributed by atoms with E-state index < -0.39 is 11.7 Å². The van der Waals surface area contributed by atoms with Crippen LogP contribution in [-0.4, -0.2) is 35.6 Å². The van der Waals surface area contributed by atoms with Crippen molar-refractivity contribution in [3.05, 3.63) is 58.8 Å². The maximum Gasteiger partial charge on any atom is 0.349 e. The molecule has 3 aromatic rings. The summed E-state index contributed by atoms with van der Waals surface area (Å²) < 4.78 is 3.11. The molecule has 3 rings (SSSR count). The summed E-state index contributed by atoms with van der Waals surface area (Å²) >= 11 is 0. The van der Waals surface area contributed by atoms with E-state index in [-0.39, 0.29) is 12.2 Å². The molecule has 0 aliphatic carbocycles. The van der Waals surface area contributed by atoms with Gasteiger partial charge in [0.25, 0.3) is 0 Å². The summed E-state index contributed by atoms with van der Waals surface area (Å²) in [5.74, 6) is -0.621. The molecule has 9 heteroatoms. The van der Waals surface area contributed by atoms with Crippen molar-refractivity contribution >= 4 is 11.8 Å². The lowest BCUT2D eigenvalue weighted by Gasteiger charge is -2.06. The van der Waals surface area contributed by atoms with Gasteiger partial charge in [0.2, 0.25) is 0 Å². The van der Waals surface area contributed by atoms with E-state index in [2.05, 4.69) is 15.3 Å². The molecule has 26 heavy (non-hydrogen) atoms. The number of benzene rings is 1. The first-order chi connectivity index (χ1) is 12.5. The number of aliphatic carboxylic acids is 1. The van der Waals surface area contributed by atoms with Gasteiger partial charge in [-0.2, -0.15) is 4.98 Å². The topological polar surface area (TPSA) is 129 Å². The molecule has 9 nitrogen and oxygen atoms in total. The van der Waals surface area contributed by atoms with Crippen molar-refractivity contribution < 1.29 is 9.90 Å². The molecule has 0 saturated carbocycles. The van der Waals surface area contributed by atoms with Crippen LogP contribution in [-0.2, 0) is 17.9 Å². The van der Waals surface area contributed by atoms with Gasteiger partial charge in [0.1, 0.15) is 11.5 Å². The number of hydrogen-bond acceptors (Lipinski definition) is 6. The third-order valence-electron chi connectivity index (χ3n) is 3.81.